The predicted octanol–water partition coefficient (Wildman–Crippen LogP) is 1.93. The van der Waals surface area contributed by atoms with E-state index in [1.807, 2.05) is 0 Å². The Morgan fingerprint density at radius 3 is 2.02 bits per heavy atom. The Hall–Kier alpha value is -1.04. The summed E-state index contributed by atoms with van der Waals surface area (Å²) in [5.41, 5.74) is -0.215. The van der Waals surface area contributed by atoms with E-state index in [0.717, 1.165) is 38.5 Å². The molecular formula is C42H70O13. The van der Waals surface area contributed by atoms with Crippen molar-refractivity contribution < 1.29 is 64.9 Å². The van der Waals surface area contributed by atoms with Gasteiger partial charge < -0.3 is 64.9 Å². The lowest BCUT2D eigenvalue weighted by atomic mass is 9.35. The van der Waals surface area contributed by atoms with E-state index >= 15 is 0 Å². The fraction of sp³-hybridized carbons (Fsp3) is 0.905. The van der Waals surface area contributed by atoms with Crippen LogP contribution in [0.25, 0.3) is 0 Å². The lowest BCUT2D eigenvalue weighted by Gasteiger charge is -2.70. The Balaban J connectivity index is 1.18. The molecule has 2 saturated heterocycles. The molecule has 0 unspecified atom stereocenters. The molecule has 5 fully saturated rings. The summed E-state index contributed by atoms with van der Waals surface area (Å²) in [5.74, 6) is 1.20. The standard InChI is InChI=1S/C42H70O13/c1-22(11-14-38(4,51)21-44)23-12-15-41(7)27-10-9-26-37(2,3)28(13-16-40(26,6)42(27,8)18-17-39(23,41)5)55-36-34(50)32(48)30(46)25(54-36)20-52-35-33(49)31(47)29(45)24(19-43)53-35/h9,11,14,22-25,27-36,43-51H,10,12-13,15-21H2,1-8H3/b14-11+/t22-,23-,24-,25-,27+,28+,29-,30-,31+,32+,33-,34-,35-,36+,38-,39-,40+,41+,42+/m1/s1. The summed E-state index contributed by atoms with van der Waals surface area (Å²) in [6.07, 6.45) is -1.83. The van der Waals surface area contributed by atoms with Gasteiger partial charge in [0, 0.05) is 5.41 Å². The smallest absolute Gasteiger partial charge is 0.187 e. The van der Waals surface area contributed by atoms with E-state index in [1.165, 1.54) is 5.57 Å². The van der Waals surface area contributed by atoms with Crippen LogP contribution in [0, 0.1) is 44.8 Å². The number of aliphatic hydroxyl groups excluding tert-OH is 8. The van der Waals surface area contributed by atoms with Gasteiger partial charge in [-0.15, -0.1) is 0 Å². The number of allylic oxidation sites excluding steroid dienone is 2. The highest BCUT2D eigenvalue weighted by Gasteiger charge is 2.70. The molecule has 0 aromatic heterocycles. The highest BCUT2D eigenvalue weighted by atomic mass is 16.7. The SMILES string of the molecule is C[C@H](/C=C/[C@@](C)(O)CO)[C@H]1CC[C@@]2(C)[C@@H]3CC=C4C(C)(C)[C@@H](O[C@@H]5O[C@H](CO[C@@H]6O[C@H](CO)[C@@H](O)[C@H](O)[C@H]6O)[C@@H](O)[C@H](O)[C@H]5O)CC[C@]4(C)[C@@]3(C)CC[C@]12C. The van der Waals surface area contributed by atoms with Gasteiger partial charge in [0.15, 0.2) is 12.6 Å². The summed E-state index contributed by atoms with van der Waals surface area (Å²) in [4.78, 5) is 0. The molecule has 55 heavy (non-hydrogen) atoms. The normalized spacial score (nSPS) is 51.4. The van der Waals surface area contributed by atoms with Crippen LogP contribution in [-0.4, -0.2) is 139 Å². The molecule has 0 amide bonds. The van der Waals surface area contributed by atoms with Crippen molar-refractivity contribution in [2.45, 2.75) is 173 Å². The summed E-state index contributed by atoms with van der Waals surface area (Å²) < 4.78 is 23.7. The van der Waals surface area contributed by atoms with Gasteiger partial charge in [-0.1, -0.05) is 72.3 Å². The molecule has 9 N–H and O–H groups in total. The molecule has 0 aromatic carbocycles. The minimum Gasteiger partial charge on any atom is -0.394 e. The number of hydrogen-bond donors (Lipinski definition) is 9. The molecule has 0 aromatic rings. The van der Waals surface area contributed by atoms with Gasteiger partial charge in [-0.2, -0.15) is 0 Å². The Bertz CT molecular complexity index is 1430. The summed E-state index contributed by atoms with van der Waals surface area (Å²) in [7, 11) is 0. The van der Waals surface area contributed by atoms with Crippen LogP contribution in [0.5, 0.6) is 0 Å². The van der Waals surface area contributed by atoms with Crippen LogP contribution in [0.15, 0.2) is 23.8 Å². The Morgan fingerprint density at radius 1 is 0.782 bits per heavy atom. The van der Waals surface area contributed by atoms with E-state index in [1.54, 1.807) is 13.0 Å². The van der Waals surface area contributed by atoms with E-state index in [2.05, 4.69) is 60.6 Å². The first-order valence-electron chi connectivity index (χ1n) is 20.5. The Kier molecular flexibility index (Phi) is 12.0. The average molecular weight is 783 g/mol. The zero-order valence-corrected chi connectivity index (χ0v) is 34.0. The van der Waals surface area contributed by atoms with Crippen LogP contribution in [0.2, 0.25) is 0 Å². The number of ether oxygens (including phenoxy) is 4. The number of hydrogen-bond acceptors (Lipinski definition) is 13. The van der Waals surface area contributed by atoms with Gasteiger partial charge in [0.1, 0.15) is 54.4 Å². The molecule has 3 saturated carbocycles. The van der Waals surface area contributed by atoms with Crippen molar-refractivity contribution in [3.8, 4) is 0 Å². The fourth-order valence-corrected chi connectivity index (χ4v) is 12.6. The van der Waals surface area contributed by atoms with Gasteiger partial charge in [-0.3, -0.25) is 0 Å². The second kappa shape index (κ2) is 15.2. The van der Waals surface area contributed by atoms with Crippen LogP contribution >= 0.6 is 0 Å². The van der Waals surface area contributed by atoms with E-state index in [9.17, 15) is 46.0 Å². The van der Waals surface area contributed by atoms with Gasteiger partial charge in [0.2, 0.25) is 0 Å². The van der Waals surface area contributed by atoms with Crippen LogP contribution in [-0.2, 0) is 18.9 Å². The van der Waals surface area contributed by atoms with Crippen molar-refractivity contribution in [3.05, 3.63) is 23.8 Å². The maximum atomic E-state index is 11.1. The van der Waals surface area contributed by atoms with Crippen molar-refractivity contribution in [1.82, 2.24) is 0 Å². The van der Waals surface area contributed by atoms with Crippen LogP contribution < -0.4 is 0 Å². The zero-order valence-electron chi connectivity index (χ0n) is 34.0. The maximum Gasteiger partial charge on any atom is 0.187 e. The van der Waals surface area contributed by atoms with E-state index < -0.39 is 85.6 Å². The monoisotopic (exact) mass is 782 g/mol. The van der Waals surface area contributed by atoms with E-state index in [4.69, 9.17) is 18.9 Å². The van der Waals surface area contributed by atoms with Crippen molar-refractivity contribution in [3.63, 3.8) is 0 Å². The van der Waals surface area contributed by atoms with Crippen molar-refractivity contribution in [2.24, 2.45) is 44.8 Å². The molecule has 316 valence electrons. The molecule has 4 aliphatic carbocycles. The quantitative estimate of drug-likeness (QED) is 0.145. The van der Waals surface area contributed by atoms with Crippen molar-refractivity contribution in [2.75, 3.05) is 19.8 Å². The minimum atomic E-state index is -1.65. The molecule has 2 aliphatic heterocycles. The van der Waals surface area contributed by atoms with Crippen molar-refractivity contribution >= 4 is 0 Å². The number of rotatable bonds is 10. The van der Waals surface area contributed by atoms with Crippen LogP contribution in [0.1, 0.15) is 100 Å². The molecule has 0 radical (unpaired) electrons. The molecule has 0 spiro atoms. The van der Waals surface area contributed by atoms with E-state index in [-0.39, 0.29) is 40.3 Å². The minimum absolute atomic E-state index is 0.0239. The molecule has 6 aliphatic rings. The summed E-state index contributed by atoms with van der Waals surface area (Å²) in [6, 6.07) is 0. The number of fused-ring (bicyclic) bond motifs is 5. The van der Waals surface area contributed by atoms with E-state index in [0.29, 0.717) is 18.3 Å². The van der Waals surface area contributed by atoms with Gasteiger partial charge in [-0.25, -0.2) is 0 Å². The molecule has 6 rings (SSSR count). The van der Waals surface area contributed by atoms with Gasteiger partial charge >= 0.3 is 0 Å². The first-order chi connectivity index (χ1) is 25.5. The third-order valence-corrected chi connectivity index (χ3v) is 16.6. The first kappa shape index (κ1) is 43.5. The summed E-state index contributed by atoms with van der Waals surface area (Å²) >= 11 is 0. The Labute approximate surface area is 326 Å². The average Bonchev–Trinajstić information content (AvgIpc) is 3.42. The van der Waals surface area contributed by atoms with Crippen LogP contribution in [0.4, 0.5) is 0 Å². The zero-order chi connectivity index (χ0) is 40.7. The second-order valence-electron chi connectivity index (χ2n) is 19.8. The van der Waals surface area contributed by atoms with Crippen molar-refractivity contribution in [1.29, 1.82) is 0 Å². The fourth-order valence-electron chi connectivity index (χ4n) is 12.6. The largest absolute Gasteiger partial charge is 0.394 e. The predicted molar refractivity (Wildman–Crippen MR) is 201 cm³/mol. The highest BCUT2D eigenvalue weighted by Crippen LogP contribution is 2.77. The Morgan fingerprint density at radius 2 is 1.38 bits per heavy atom. The molecule has 2 heterocycles. The van der Waals surface area contributed by atoms with Gasteiger partial charge in [0.05, 0.1) is 25.9 Å². The summed E-state index contributed by atoms with van der Waals surface area (Å²) in [6.45, 7) is 16.9. The summed E-state index contributed by atoms with van der Waals surface area (Å²) in [5, 5.41) is 93.1. The molecule has 13 nitrogen and oxygen atoms in total. The lowest BCUT2D eigenvalue weighted by molar-refractivity contribution is -0.340. The van der Waals surface area contributed by atoms with Crippen LogP contribution in [0.3, 0.4) is 0 Å². The first-order valence-corrected chi connectivity index (χ1v) is 20.5. The molecular weight excluding hydrogens is 712 g/mol. The highest BCUT2D eigenvalue weighted by molar-refractivity contribution is 5.35. The third-order valence-electron chi connectivity index (χ3n) is 16.6. The topological polar surface area (TPSA) is 219 Å². The third kappa shape index (κ3) is 6.92. The maximum absolute atomic E-state index is 11.1. The van der Waals surface area contributed by atoms with Gasteiger partial charge in [-0.05, 0) is 91.3 Å². The molecule has 19 atom stereocenters. The molecule has 0 bridgehead atoms. The molecule has 13 heteroatoms. The number of aliphatic hydroxyl groups is 9. The second-order valence-corrected chi connectivity index (χ2v) is 19.8. The van der Waals surface area contributed by atoms with Gasteiger partial charge in [0.25, 0.3) is 0 Å². The lowest BCUT2D eigenvalue weighted by Crippen LogP contribution is -2.64.